The Morgan fingerprint density at radius 1 is 1.22 bits per heavy atom. The number of halogens is 1. The SMILES string of the molecule is CCCCN(C)c1ccc(NS(=O)(=O)c2ccccc2Cl)cn1. The molecule has 0 saturated heterocycles. The highest BCUT2D eigenvalue weighted by Crippen LogP contribution is 2.23. The van der Waals surface area contributed by atoms with Gasteiger partial charge in [-0.3, -0.25) is 4.72 Å². The van der Waals surface area contributed by atoms with Crippen LogP contribution in [0.4, 0.5) is 11.5 Å². The van der Waals surface area contributed by atoms with Gasteiger partial charge in [0.15, 0.2) is 0 Å². The highest BCUT2D eigenvalue weighted by Gasteiger charge is 2.17. The van der Waals surface area contributed by atoms with Gasteiger partial charge in [0.1, 0.15) is 10.7 Å². The lowest BCUT2D eigenvalue weighted by molar-refractivity contribution is 0.601. The van der Waals surface area contributed by atoms with Gasteiger partial charge in [0.2, 0.25) is 0 Å². The first kappa shape index (κ1) is 17.6. The molecule has 5 nitrogen and oxygen atoms in total. The second-order valence-electron chi connectivity index (χ2n) is 5.22. The van der Waals surface area contributed by atoms with E-state index in [9.17, 15) is 8.42 Å². The van der Waals surface area contributed by atoms with Gasteiger partial charge in [-0.05, 0) is 30.7 Å². The van der Waals surface area contributed by atoms with E-state index in [-0.39, 0.29) is 9.92 Å². The van der Waals surface area contributed by atoms with Gasteiger partial charge < -0.3 is 4.90 Å². The molecule has 0 saturated carbocycles. The molecule has 2 rings (SSSR count). The fourth-order valence-electron chi connectivity index (χ4n) is 2.05. The highest BCUT2D eigenvalue weighted by atomic mass is 35.5. The van der Waals surface area contributed by atoms with Crippen LogP contribution in [-0.2, 0) is 10.0 Å². The van der Waals surface area contributed by atoms with Crippen molar-refractivity contribution in [1.82, 2.24) is 4.98 Å². The first-order valence-corrected chi connectivity index (χ1v) is 9.24. The Morgan fingerprint density at radius 2 is 1.96 bits per heavy atom. The topological polar surface area (TPSA) is 62.3 Å². The molecule has 0 aliphatic rings. The van der Waals surface area contributed by atoms with E-state index < -0.39 is 10.0 Å². The first-order valence-electron chi connectivity index (χ1n) is 7.38. The molecule has 1 aromatic heterocycles. The van der Waals surface area contributed by atoms with Crippen LogP contribution in [0.1, 0.15) is 19.8 Å². The number of nitrogens with zero attached hydrogens (tertiary/aromatic N) is 2. The number of nitrogens with one attached hydrogen (secondary N) is 1. The minimum atomic E-state index is -3.73. The first-order chi connectivity index (χ1) is 10.9. The molecule has 0 aliphatic carbocycles. The molecule has 7 heteroatoms. The normalized spacial score (nSPS) is 11.3. The third kappa shape index (κ3) is 4.59. The molecule has 1 heterocycles. The zero-order chi connectivity index (χ0) is 16.9. The van der Waals surface area contributed by atoms with Crippen LogP contribution in [-0.4, -0.2) is 27.0 Å². The Labute approximate surface area is 142 Å². The molecule has 0 atom stereocenters. The van der Waals surface area contributed by atoms with Crippen LogP contribution in [0, 0.1) is 0 Å². The van der Waals surface area contributed by atoms with Crippen molar-refractivity contribution in [2.75, 3.05) is 23.2 Å². The monoisotopic (exact) mass is 353 g/mol. The van der Waals surface area contributed by atoms with E-state index >= 15 is 0 Å². The number of pyridine rings is 1. The molecule has 0 unspecified atom stereocenters. The number of hydrogen-bond acceptors (Lipinski definition) is 4. The van der Waals surface area contributed by atoms with Crippen LogP contribution >= 0.6 is 11.6 Å². The summed E-state index contributed by atoms with van der Waals surface area (Å²) < 4.78 is 27.2. The van der Waals surface area contributed by atoms with Crippen LogP contribution in [0.25, 0.3) is 0 Å². The van der Waals surface area contributed by atoms with E-state index in [0.717, 1.165) is 25.2 Å². The maximum atomic E-state index is 12.3. The number of hydrogen-bond donors (Lipinski definition) is 1. The summed E-state index contributed by atoms with van der Waals surface area (Å²) in [6.45, 7) is 3.04. The lowest BCUT2D eigenvalue weighted by atomic mass is 10.3. The van der Waals surface area contributed by atoms with Crippen molar-refractivity contribution in [1.29, 1.82) is 0 Å². The summed E-state index contributed by atoms with van der Waals surface area (Å²) >= 11 is 5.95. The van der Waals surface area contributed by atoms with Crippen LogP contribution in [0.5, 0.6) is 0 Å². The van der Waals surface area contributed by atoms with E-state index in [1.54, 1.807) is 30.3 Å². The molecule has 0 amide bonds. The van der Waals surface area contributed by atoms with Crippen molar-refractivity contribution in [3.05, 3.63) is 47.6 Å². The van der Waals surface area contributed by atoms with Crippen molar-refractivity contribution in [2.45, 2.75) is 24.7 Å². The van der Waals surface area contributed by atoms with Gasteiger partial charge in [-0.1, -0.05) is 37.1 Å². The van der Waals surface area contributed by atoms with Gasteiger partial charge in [0, 0.05) is 13.6 Å². The predicted octanol–water partition coefficient (Wildman–Crippen LogP) is 3.77. The van der Waals surface area contributed by atoms with Gasteiger partial charge >= 0.3 is 0 Å². The summed E-state index contributed by atoms with van der Waals surface area (Å²) in [6.07, 6.45) is 3.70. The molecular weight excluding hydrogens is 334 g/mol. The predicted molar refractivity (Wildman–Crippen MR) is 94.7 cm³/mol. The number of anilines is 2. The van der Waals surface area contributed by atoms with E-state index in [2.05, 4.69) is 16.6 Å². The fourth-order valence-corrected chi connectivity index (χ4v) is 3.62. The molecule has 124 valence electrons. The Balaban J connectivity index is 2.13. The Morgan fingerprint density at radius 3 is 2.57 bits per heavy atom. The molecule has 2 aromatic rings. The minimum absolute atomic E-state index is 0.0470. The molecule has 0 fully saturated rings. The minimum Gasteiger partial charge on any atom is -0.360 e. The van der Waals surface area contributed by atoms with Crippen LogP contribution < -0.4 is 9.62 Å². The maximum absolute atomic E-state index is 12.3. The van der Waals surface area contributed by atoms with Crippen LogP contribution in [0.15, 0.2) is 47.5 Å². The molecule has 0 bridgehead atoms. The maximum Gasteiger partial charge on any atom is 0.263 e. The second kappa shape index (κ2) is 7.66. The Hall–Kier alpha value is -1.79. The van der Waals surface area contributed by atoms with Gasteiger partial charge in [-0.2, -0.15) is 0 Å². The van der Waals surface area contributed by atoms with Gasteiger partial charge in [-0.15, -0.1) is 0 Å². The summed E-state index contributed by atoms with van der Waals surface area (Å²) in [5.41, 5.74) is 0.401. The average molecular weight is 354 g/mol. The molecule has 1 N–H and O–H groups in total. The second-order valence-corrected chi connectivity index (χ2v) is 7.27. The summed E-state index contributed by atoms with van der Waals surface area (Å²) in [5, 5.41) is 0.184. The standard InChI is InChI=1S/C16H20ClN3O2S/c1-3-4-11-20(2)16-10-9-13(12-18-16)19-23(21,22)15-8-6-5-7-14(15)17/h5-10,12,19H,3-4,11H2,1-2H3. The van der Waals surface area contributed by atoms with Gasteiger partial charge in [0.25, 0.3) is 10.0 Å². The fraction of sp³-hybridized carbons (Fsp3) is 0.312. The third-order valence-electron chi connectivity index (χ3n) is 3.36. The van der Waals surface area contributed by atoms with Crippen molar-refractivity contribution < 1.29 is 8.42 Å². The smallest absolute Gasteiger partial charge is 0.263 e. The lowest BCUT2D eigenvalue weighted by Gasteiger charge is -2.18. The van der Waals surface area contributed by atoms with Crippen molar-refractivity contribution in [2.24, 2.45) is 0 Å². The van der Waals surface area contributed by atoms with Crippen molar-refractivity contribution in [3.63, 3.8) is 0 Å². The summed E-state index contributed by atoms with van der Waals surface area (Å²) in [6, 6.07) is 9.80. The molecular formula is C16H20ClN3O2S. The molecule has 1 aromatic carbocycles. The Bertz CT molecular complexity index is 748. The number of benzene rings is 1. The quantitative estimate of drug-likeness (QED) is 0.823. The lowest BCUT2D eigenvalue weighted by Crippen LogP contribution is -2.19. The summed E-state index contributed by atoms with van der Waals surface area (Å²) in [7, 11) is -1.76. The van der Waals surface area contributed by atoms with E-state index in [0.29, 0.717) is 5.69 Å². The zero-order valence-corrected chi connectivity index (χ0v) is 14.7. The Kier molecular flexibility index (Phi) is 5.85. The number of sulfonamides is 1. The van der Waals surface area contributed by atoms with E-state index in [4.69, 9.17) is 11.6 Å². The van der Waals surface area contributed by atoms with Gasteiger partial charge in [-0.25, -0.2) is 13.4 Å². The highest BCUT2D eigenvalue weighted by molar-refractivity contribution is 7.92. The third-order valence-corrected chi connectivity index (χ3v) is 5.25. The van der Waals surface area contributed by atoms with Crippen molar-refractivity contribution in [3.8, 4) is 0 Å². The van der Waals surface area contributed by atoms with Crippen LogP contribution in [0.3, 0.4) is 0 Å². The molecule has 0 spiro atoms. The number of rotatable bonds is 7. The molecule has 0 aliphatic heterocycles. The largest absolute Gasteiger partial charge is 0.360 e. The zero-order valence-electron chi connectivity index (χ0n) is 13.2. The summed E-state index contributed by atoms with van der Waals surface area (Å²) in [5.74, 6) is 0.805. The molecule has 23 heavy (non-hydrogen) atoms. The number of aromatic nitrogens is 1. The molecule has 0 radical (unpaired) electrons. The van der Waals surface area contributed by atoms with Crippen LogP contribution in [0.2, 0.25) is 5.02 Å². The van der Waals surface area contributed by atoms with Gasteiger partial charge in [0.05, 0.1) is 16.9 Å². The number of unbranched alkanes of at least 4 members (excludes halogenated alkanes) is 1. The van der Waals surface area contributed by atoms with E-state index in [1.165, 1.54) is 12.3 Å². The summed E-state index contributed by atoms with van der Waals surface area (Å²) in [4.78, 5) is 6.38. The van der Waals surface area contributed by atoms with Crippen molar-refractivity contribution >= 4 is 33.1 Å². The average Bonchev–Trinajstić information content (AvgIpc) is 2.53. The van der Waals surface area contributed by atoms with E-state index in [1.807, 2.05) is 11.9 Å².